The molecule has 0 saturated heterocycles. The standard InChI is InChI=1S/C9H12F2N4O2/c10-7(11)8-14-15-9(17-8)13-4-6(16)12-3-5-1-2-5/h5,7H,1-4H2,(H,12,16)(H,13,15). The second kappa shape index (κ2) is 5.07. The number of hydrogen-bond donors (Lipinski definition) is 2. The van der Waals surface area contributed by atoms with E-state index in [4.69, 9.17) is 0 Å². The highest BCUT2D eigenvalue weighted by Crippen LogP contribution is 2.27. The Morgan fingerprint density at radius 2 is 2.24 bits per heavy atom. The van der Waals surface area contributed by atoms with Crippen molar-refractivity contribution in [1.29, 1.82) is 0 Å². The molecule has 0 unspecified atom stereocenters. The smallest absolute Gasteiger partial charge is 0.316 e. The van der Waals surface area contributed by atoms with E-state index in [1.165, 1.54) is 0 Å². The van der Waals surface area contributed by atoms with Crippen LogP contribution in [0.15, 0.2) is 4.42 Å². The molecule has 1 aliphatic rings. The fourth-order valence-corrected chi connectivity index (χ4v) is 1.19. The zero-order chi connectivity index (χ0) is 12.3. The lowest BCUT2D eigenvalue weighted by Crippen LogP contribution is -2.31. The molecule has 2 N–H and O–H groups in total. The topological polar surface area (TPSA) is 80.1 Å². The molecule has 0 aromatic carbocycles. The van der Waals surface area contributed by atoms with Gasteiger partial charge in [0.15, 0.2) is 0 Å². The minimum absolute atomic E-state index is 0.0718. The van der Waals surface area contributed by atoms with Crippen LogP contribution in [-0.4, -0.2) is 29.2 Å². The van der Waals surface area contributed by atoms with Crippen molar-refractivity contribution in [1.82, 2.24) is 15.5 Å². The molecule has 1 heterocycles. The quantitative estimate of drug-likeness (QED) is 0.781. The van der Waals surface area contributed by atoms with E-state index in [2.05, 4.69) is 25.2 Å². The maximum atomic E-state index is 12.1. The van der Waals surface area contributed by atoms with Crippen LogP contribution in [0, 0.1) is 5.92 Å². The number of amides is 1. The molecule has 1 amide bonds. The van der Waals surface area contributed by atoms with E-state index in [1.807, 2.05) is 0 Å². The van der Waals surface area contributed by atoms with Gasteiger partial charge >= 0.3 is 12.4 Å². The summed E-state index contributed by atoms with van der Waals surface area (Å²) in [5.74, 6) is -0.396. The number of carbonyl (C=O) groups excluding carboxylic acids is 1. The molecule has 0 aliphatic heterocycles. The third-order valence-electron chi connectivity index (χ3n) is 2.31. The number of anilines is 1. The van der Waals surface area contributed by atoms with Gasteiger partial charge in [-0.25, -0.2) is 0 Å². The van der Waals surface area contributed by atoms with Crippen LogP contribution in [0.4, 0.5) is 14.8 Å². The van der Waals surface area contributed by atoms with Crippen LogP contribution >= 0.6 is 0 Å². The number of carbonyl (C=O) groups is 1. The lowest BCUT2D eigenvalue weighted by Gasteiger charge is -2.03. The average Bonchev–Trinajstić information content (AvgIpc) is 3.00. The molecule has 0 radical (unpaired) electrons. The second-order valence-corrected chi connectivity index (χ2v) is 3.85. The lowest BCUT2D eigenvalue weighted by atomic mass is 10.4. The number of nitrogens with one attached hydrogen (secondary N) is 2. The second-order valence-electron chi connectivity index (χ2n) is 3.85. The summed E-state index contributed by atoms with van der Waals surface area (Å²) < 4.78 is 28.8. The maximum Gasteiger partial charge on any atom is 0.316 e. The summed E-state index contributed by atoms with van der Waals surface area (Å²) >= 11 is 0. The SMILES string of the molecule is O=C(CNc1nnc(C(F)F)o1)NCC1CC1. The highest BCUT2D eigenvalue weighted by Gasteiger charge is 2.21. The Labute approximate surface area is 95.8 Å². The van der Waals surface area contributed by atoms with E-state index >= 15 is 0 Å². The summed E-state index contributed by atoms with van der Waals surface area (Å²) in [5.41, 5.74) is 0. The minimum atomic E-state index is -2.80. The van der Waals surface area contributed by atoms with Gasteiger partial charge in [0.25, 0.3) is 5.89 Å². The first-order chi connectivity index (χ1) is 8.15. The maximum absolute atomic E-state index is 12.1. The molecule has 1 aromatic rings. The van der Waals surface area contributed by atoms with Gasteiger partial charge in [-0.1, -0.05) is 5.10 Å². The molecule has 0 atom stereocenters. The van der Waals surface area contributed by atoms with Gasteiger partial charge in [0.2, 0.25) is 5.91 Å². The molecule has 1 aliphatic carbocycles. The Hall–Kier alpha value is -1.73. The van der Waals surface area contributed by atoms with Crippen LogP contribution in [0.1, 0.15) is 25.2 Å². The van der Waals surface area contributed by atoms with Gasteiger partial charge in [0, 0.05) is 6.54 Å². The van der Waals surface area contributed by atoms with E-state index in [1.54, 1.807) is 0 Å². The monoisotopic (exact) mass is 246 g/mol. The van der Waals surface area contributed by atoms with Crippen molar-refractivity contribution in [3.63, 3.8) is 0 Å². The molecule has 8 heteroatoms. The summed E-state index contributed by atoms with van der Waals surface area (Å²) in [5, 5.41) is 11.6. The van der Waals surface area contributed by atoms with Gasteiger partial charge in [-0.15, -0.1) is 5.10 Å². The number of hydrogen-bond acceptors (Lipinski definition) is 5. The van der Waals surface area contributed by atoms with Gasteiger partial charge in [0.05, 0.1) is 6.54 Å². The number of rotatable bonds is 6. The predicted octanol–water partition coefficient (Wildman–Crippen LogP) is 0.945. The van der Waals surface area contributed by atoms with Gasteiger partial charge in [-0.05, 0) is 18.8 Å². The van der Waals surface area contributed by atoms with Crippen molar-refractivity contribution in [3.05, 3.63) is 5.89 Å². The first kappa shape index (κ1) is 11.7. The summed E-state index contributed by atoms with van der Waals surface area (Å²) in [7, 11) is 0. The Morgan fingerprint density at radius 1 is 1.47 bits per heavy atom. The van der Waals surface area contributed by atoms with Crippen molar-refractivity contribution in [2.75, 3.05) is 18.4 Å². The summed E-state index contributed by atoms with van der Waals surface area (Å²) in [4.78, 5) is 11.3. The van der Waals surface area contributed by atoms with E-state index < -0.39 is 12.3 Å². The van der Waals surface area contributed by atoms with Crippen molar-refractivity contribution < 1.29 is 18.0 Å². The largest absolute Gasteiger partial charge is 0.402 e. The highest BCUT2D eigenvalue weighted by atomic mass is 19.3. The first-order valence-electron chi connectivity index (χ1n) is 5.27. The molecule has 0 bridgehead atoms. The summed E-state index contributed by atoms with van der Waals surface area (Å²) in [6, 6.07) is -0.179. The van der Waals surface area contributed by atoms with E-state index in [9.17, 15) is 13.6 Å². The molecule has 94 valence electrons. The first-order valence-corrected chi connectivity index (χ1v) is 5.27. The summed E-state index contributed by atoms with van der Waals surface area (Å²) in [6.45, 7) is 0.588. The third kappa shape index (κ3) is 3.65. The molecule has 17 heavy (non-hydrogen) atoms. The lowest BCUT2D eigenvalue weighted by molar-refractivity contribution is -0.119. The zero-order valence-corrected chi connectivity index (χ0v) is 8.95. The number of alkyl halides is 2. The van der Waals surface area contributed by atoms with Crippen LogP contribution in [-0.2, 0) is 4.79 Å². The van der Waals surface area contributed by atoms with Crippen LogP contribution in [0.25, 0.3) is 0 Å². The van der Waals surface area contributed by atoms with Crippen LogP contribution in [0.3, 0.4) is 0 Å². The Kier molecular flexibility index (Phi) is 3.50. The van der Waals surface area contributed by atoms with Gasteiger partial charge in [-0.3, -0.25) is 4.79 Å². The molecule has 6 nitrogen and oxygen atoms in total. The molecular weight excluding hydrogens is 234 g/mol. The van der Waals surface area contributed by atoms with Crippen molar-refractivity contribution in [3.8, 4) is 0 Å². The van der Waals surface area contributed by atoms with Crippen molar-refractivity contribution >= 4 is 11.9 Å². The summed E-state index contributed by atoms with van der Waals surface area (Å²) in [6.07, 6.45) is -0.508. The molecule has 1 fully saturated rings. The zero-order valence-electron chi connectivity index (χ0n) is 8.95. The number of halogens is 2. The molecule has 1 aromatic heterocycles. The van der Waals surface area contributed by atoms with Gasteiger partial charge in [0.1, 0.15) is 0 Å². The predicted molar refractivity (Wildman–Crippen MR) is 53.5 cm³/mol. The average molecular weight is 246 g/mol. The molecule has 2 rings (SSSR count). The van der Waals surface area contributed by atoms with Gasteiger partial charge in [-0.2, -0.15) is 8.78 Å². The number of aromatic nitrogens is 2. The molecule has 1 saturated carbocycles. The van der Waals surface area contributed by atoms with Crippen LogP contribution in [0.2, 0.25) is 0 Å². The molecular formula is C9H12F2N4O2. The highest BCUT2D eigenvalue weighted by molar-refractivity contribution is 5.80. The van der Waals surface area contributed by atoms with Gasteiger partial charge < -0.3 is 15.1 Å². The van der Waals surface area contributed by atoms with E-state index in [0.717, 1.165) is 12.8 Å². The number of nitrogens with zero attached hydrogens (tertiary/aromatic N) is 2. The molecule has 0 spiro atoms. The Morgan fingerprint density at radius 3 is 2.82 bits per heavy atom. The van der Waals surface area contributed by atoms with E-state index in [0.29, 0.717) is 12.5 Å². The Balaban J connectivity index is 1.70. The Bertz CT molecular complexity index is 392. The fraction of sp³-hybridized carbons (Fsp3) is 0.667. The van der Waals surface area contributed by atoms with Crippen LogP contribution in [0.5, 0.6) is 0 Å². The van der Waals surface area contributed by atoms with E-state index in [-0.39, 0.29) is 18.5 Å². The van der Waals surface area contributed by atoms with Crippen molar-refractivity contribution in [2.45, 2.75) is 19.3 Å². The van der Waals surface area contributed by atoms with Crippen molar-refractivity contribution in [2.24, 2.45) is 5.92 Å². The van der Waals surface area contributed by atoms with Crippen LogP contribution < -0.4 is 10.6 Å². The minimum Gasteiger partial charge on any atom is -0.402 e. The normalized spacial score (nSPS) is 15.0. The fourth-order valence-electron chi connectivity index (χ4n) is 1.19. The third-order valence-corrected chi connectivity index (χ3v) is 2.31.